The van der Waals surface area contributed by atoms with E-state index >= 15 is 0 Å². The minimum atomic E-state index is -0.788. The molecule has 1 fully saturated rings. The molecular formula is C14H18F2N2O2. The lowest BCUT2D eigenvalue weighted by Gasteiger charge is -2.25. The summed E-state index contributed by atoms with van der Waals surface area (Å²) in [5.41, 5.74) is -0.0239. The highest BCUT2D eigenvalue weighted by molar-refractivity contribution is 5.89. The number of hydrogen-bond donors (Lipinski definition) is 2. The van der Waals surface area contributed by atoms with Crippen LogP contribution in [0.25, 0.3) is 0 Å². The first-order valence-corrected chi connectivity index (χ1v) is 6.75. The van der Waals surface area contributed by atoms with Crippen molar-refractivity contribution < 1.29 is 18.7 Å². The van der Waals surface area contributed by atoms with Crippen LogP contribution in [0.5, 0.6) is 0 Å². The maximum Gasteiger partial charge on any atom is 0.322 e. The molecular weight excluding hydrogens is 266 g/mol. The van der Waals surface area contributed by atoms with Gasteiger partial charge in [0, 0.05) is 25.3 Å². The normalized spacial score (nSPS) is 18.4. The predicted octanol–water partition coefficient (Wildman–Crippen LogP) is 2.73. The first-order valence-electron chi connectivity index (χ1n) is 6.75. The Bertz CT molecular complexity index is 482. The van der Waals surface area contributed by atoms with Gasteiger partial charge in [-0.25, -0.2) is 13.6 Å². The number of carbonyl (C=O) groups is 1. The first-order chi connectivity index (χ1) is 9.61. The van der Waals surface area contributed by atoms with Gasteiger partial charge in [0.1, 0.15) is 11.6 Å². The van der Waals surface area contributed by atoms with Crippen molar-refractivity contribution in [2.75, 3.05) is 18.5 Å². The molecule has 2 rings (SSSR count). The second-order valence-corrected chi connectivity index (χ2v) is 4.91. The van der Waals surface area contributed by atoms with E-state index in [4.69, 9.17) is 5.11 Å². The molecule has 1 heterocycles. The standard InChI is InChI=1S/C14H18F2N2O2/c15-10-5-6-13(12(16)9-10)17-14(20)18-7-1-3-11(18)4-2-8-19/h5-6,9,11,19H,1-4,7-8H2,(H,17,20)/t11-/m1/s1. The third kappa shape index (κ3) is 3.45. The van der Waals surface area contributed by atoms with Crippen LogP contribution < -0.4 is 5.32 Å². The predicted molar refractivity (Wildman–Crippen MR) is 71.4 cm³/mol. The Hall–Kier alpha value is -1.69. The van der Waals surface area contributed by atoms with Crippen molar-refractivity contribution in [2.45, 2.75) is 31.7 Å². The Morgan fingerprint density at radius 2 is 2.25 bits per heavy atom. The van der Waals surface area contributed by atoms with Gasteiger partial charge in [0.05, 0.1) is 5.69 Å². The number of likely N-dealkylation sites (tertiary alicyclic amines) is 1. The van der Waals surface area contributed by atoms with Crippen molar-refractivity contribution in [3.63, 3.8) is 0 Å². The summed E-state index contributed by atoms with van der Waals surface area (Å²) in [5.74, 6) is -1.47. The van der Waals surface area contributed by atoms with E-state index in [1.807, 2.05) is 0 Å². The molecule has 2 amide bonds. The number of hydrogen-bond acceptors (Lipinski definition) is 2. The Balaban J connectivity index is 2.00. The Morgan fingerprint density at radius 3 is 2.95 bits per heavy atom. The summed E-state index contributed by atoms with van der Waals surface area (Å²) in [6.45, 7) is 0.712. The van der Waals surface area contributed by atoms with E-state index in [1.54, 1.807) is 4.90 Å². The van der Waals surface area contributed by atoms with Crippen LogP contribution in [0.4, 0.5) is 19.3 Å². The van der Waals surface area contributed by atoms with Gasteiger partial charge in [-0.15, -0.1) is 0 Å². The number of urea groups is 1. The smallest absolute Gasteiger partial charge is 0.322 e. The van der Waals surface area contributed by atoms with Gasteiger partial charge >= 0.3 is 6.03 Å². The SMILES string of the molecule is O=C(Nc1ccc(F)cc1F)N1CCC[C@@H]1CCCO. The molecule has 20 heavy (non-hydrogen) atoms. The summed E-state index contributed by atoms with van der Waals surface area (Å²) >= 11 is 0. The zero-order valence-electron chi connectivity index (χ0n) is 11.1. The number of nitrogens with one attached hydrogen (secondary N) is 1. The number of amides is 2. The summed E-state index contributed by atoms with van der Waals surface area (Å²) in [5, 5.41) is 11.3. The van der Waals surface area contributed by atoms with Gasteiger partial charge in [-0.2, -0.15) is 0 Å². The number of aliphatic hydroxyl groups excluding tert-OH is 1. The quantitative estimate of drug-likeness (QED) is 0.893. The molecule has 1 atom stereocenters. The number of halogens is 2. The van der Waals surface area contributed by atoms with Gasteiger partial charge in [0.15, 0.2) is 0 Å². The molecule has 0 bridgehead atoms. The molecule has 6 heteroatoms. The zero-order chi connectivity index (χ0) is 14.5. The average Bonchev–Trinajstić information content (AvgIpc) is 2.88. The van der Waals surface area contributed by atoms with Crippen LogP contribution in [-0.4, -0.2) is 35.2 Å². The second-order valence-electron chi connectivity index (χ2n) is 4.91. The summed E-state index contributed by atoms with van der Waals surface area (Å²) in [6, 6.07) is 2.75. The van der Waals surface area contributed by atoms with Gasteiger partial charge in [0.25, 0.3) is 0 Å². The summed E-state index contributed by atoms with van der Waals surface area (Å²) < 4.78 is 26.3. The van der Waals surface area contributed by atoms with Gasteiger partial charge in [0.2, 0.25) is 0 Å². The Labute approximate surface area is 116 Å². The molecule has 0 spiro atoms. The van der Waals surface area contributed by atoms with E-state index in [0.29, 0.717) is 13.0 Å². The van der Waals surface area contributed by atoms with E-state index in [2.05, 4.69) is 5.32 Å². The Kier molecular flexibility index (Phi) is 4.89. The lowest BCUT2D eigenvalue weighted by atomic mass is 10.1. The van der Waals surface area contributed by atoms with Crippen molar-refractivity contribution in [2.24, 2.45) is 0 Å². The zero-order valence-corrected chi connectivity index (χ0v) is 11.1. The number of benzene rings is 1. The molecule has 0 unspecified atom stereocenters. The number of nitrogens with zero attached hydrogens (tertiary/aromatic N) is 1. The molecule has 0 radical (unpaired) electrons. The highest BCUT2D eigenvalue weighted by atomic mass is 19.1. The minimum Gasteiger partial charge on any atom is -0.396 e. The van der Waals surface area contributed by atoms with Gasteiger partial charge in [-0.3, -0.25) is 0 Å². The minimum absolute atomic E-state index is 0.0239. The average molecular weight is 284 g/mol. The maximum atomic E-state index is 13.5. The number of rotatable bonds is 4. The molecule has 1 aromatic carbocycles. The fourth-order valence-electron chi connectivity index (χ4n) is 2.51. The van der Waals surface area contributed by atoms with Crippen LogP contribution in [0.3, 0.4) is 0 Å². The topological polar surface area (TPSA) is 52.6 Å². The van der Waals surface area contributed by atoms with Crippen LogP contribution in [0.15, 0.2) is 18.2 Å². The van der Waals surface area contributed by atoms with E-state index in [0.717, 1.165) is 31.4 Å². The number of carbonyl (C=O) groups excluding carboxylic acids is 1. The second kappa shape index (κ2) is 6.65. The molecule has 1 aliphatic heterocycles. The van der Waals surface area contributed by atoms with E-state index in [1.165, 1.54) is 6.07 Å². The Morgan fingerprint density at radius 1 is 1.45 bits per heavy atom. The van der Waals surface area contributed by atoms with Crippen LogP contribution in [0, 0.1) is 11.6 Å². The maximum absolute atomic E-state index is 13.5. The van der Waals surface area contributed by atoms with E-state index in [9.17, 15) is 13.6 Å². The van der Waals surface area contributed by atoms with Crippen molar-refractivity contribution >= 4 is 11.7 Å². The molecule has 2 N–H and O–H groups in total. The molecule has 0 saturated carbocycles. The summed E-state index contributed by atoms with van der Waals surface area (Å²) in [6.07, 6.45) is 3.16. The summed E-state index contributed by atoms with van der Waals surface area (Å²) in [4.78, 5) is 13.8. The van der Waals surface area contributed by atoms with Crippen molar-refractivity contribution in [3.8, 4) is 0 Å². The third-order valence-electron chi connectivity index (χ3n) is 3.51. The lowest BCUT2D eigenvalue weighted by Crippen LogP contribution is -2.39. The van der Waals surface area contributed by atoms with E-state index < -0.39 is 11.6 Å². The molecule has 4 nitrogen and oxygen atoms in total. The van der Waals surface area contributed by atoms with Crippen molar-refractivity contribution in [3.05, 3.63) is 29.8 Å². The first kappa shape index (κ1) is 14.7. The number of aliphatic hydroxyl groups is 1. The monoisotopic (exact) mass is 284 g/mol. The van der Waals surface area contributed by atoms with Crippen LogP contribution >= 0.6 is 0 Å². The molecule has 1 saturated heterocycles. The molecule has 1 aliphatic rings. The molecule has 110 valence electrons. The van der Waals surface area contributed by atoms with Gasteiger partial charge < -0.3 is 15.3 Å². The van der Waals surface area contributed by atoms with Gasteiger partial charge in [-0.1, -0.05) is 0 Å². The fourth-order valence-corrected chi connectivity index (χ4v) is 2.51. The van der Waals surface area contributed by atoms with E-state index in [-0.39, 0.29) is 24.4 Å². The highest BCUT2D eigenvalue weighted by Gasteiger charge is 2.28. The van der Waals surface area contributed by atoms with Gasteiger partial charge in [-0.05, 0) is 37.8 Å². The highest BCUT2D eigenvalue weighted by Crippen LogP contribution is 2.23. The lowest BCUT2D eigenvalue weighted by molar-refractivity contribution is 0.197. The number of anilines is 1. The third-order valence-corrected chi connectivity index (χ3v) is 3.51. The largest absolute Gasteiger partial charge is 0.396 e. The van der Waals surface area contributed by atoms with Crippen LogP contribution in [0.1, 0.15) is 25.7 Å². The van der Waals surface area contributed by atoms with Crippen LogP contribution in [-0.2, 0) is 0 Å². The molecule has 1 aromatic rings. The summed E-state index contributed by atoms with van der Waals surface area (Å²) in [7, 11) is 0. The van der Waals surface area contributed by atoms with Crippen LogP contribution in [0.2, 0.25) is 0 Å². The molecule has 0 aliphatic carbocycles. The van der Waals surface area contributed by atoms with Crippen molar-refractivity contribution in [1.82, 2.24) is 4.90 Å². The molecule has 0 aromatic heterocycles. The fraction of sp³-hybridized carbons (Fsp3) is 0.500. The van der Waals surface area contributed by atoms with Crippen molar-refractivity contribution in [1.29, 1.82) is 0 Å².